The molecule has 0 aromatic heterocycles. The number of phenols is 3. The van der Waals surface area contributed by atoms with Crippen LogP contribution in [0.15, 0.2) is 41.5 Å². The Morgan fingerprint density at radius 1 is 1.08 bits per heavy atom. The maximum Gasteiger partial charge on any atom is 0.259 e. The Labute approximate surface area is 145 Å². The minimum atomic E-state index is -0.353. The largest absolute Gasteiger partial charge is 0.508 e. The second-order valence-electron chi connectivity index (χ2n) is 5.45. The molecule has 132 valence electrons. The van der Waals surface area contributed by atoms with E-state index in [1.54, 1.807) is 25.1 Å². The van der Waals surface area contributed by atoms with Crippen molar-refractivity contribution >= 4 is 17.3 Å². The molecule has 25 heavy (non-hydrogen) atoms. The third kappa shape index (κ3) is 4.63. The number of carbonyl (C=O) groups is 1. The lowest BCUT2D eigenvalue weighted by atomic mass is 10.0. The van der Waals surface area contributed by atoms with E-state index in [9.17, 15) is 20.1 Å². The Morgan fingerprint density at radius 2 is 1.76 bits per heavy atom. The number of hydrogen-bond acceptors (Lipinski definition) is 6. The number of hydrogen-bond donors (Lipinski definition) is 5. The predicted molar refractivity (Wildman–Crippen MR) is 96.1 cm³/mol. The highest BCUT2D eigenvalue weighted by Gasteiger charge is 2.13. The van der Waals surface area contributed by atoms with Crippen LogP contribution in [0.2, 0.25) is 0 Å². The number of phenolic OH excluding ortho intramolecular Hbond substituents is 3. The van der Waals surface area contributed by atoms with Crippen LogP contribution in [0.25, 0.3) is 0 Å². The topological polar surface area (TPSA) is 114 Å². The van der Waals surface area contributed by atoms with E-state index in [4.69, 9.17) is 0 Å². The molecule has 2 rings (SSSR count). The molecule has 0 saturated carbocycles. The van der Waals surface area contributed by atoms with Crippen molar-refractivity contribution in [2.75, 3.05) is 11.9 Å². The summed E-state index contributed by atoms with van der Waals surface area (Å²) in [4.78, 5) is 11.9. The summed E-state index contributed by atoms with van der Waals surface area (Å²) in [5, 5.41) is 35.9. The van der Waals surface area contributed by atoms with Crippen molar-refractivity contribution in [3.8, 4) is 17.2 Å². The quantitative estimate of drug-likeness (QED) is 0.314. The molecule has 0 bridgehead atoms. The average Bonchev–Trinajstić information content (AvgIpc) is 2.61. The minimum absolute atomic E-state index is 0.00108. The predicted octanol–water partition coefficient (Wildman–Crippen LogP) is 2.45. The van der Waals surface area contributed by atoms with E-state index in [1.807, 2.05) is 6.92 Å². The van der Waals surface area contributed by atoms with Gasteiger partial charge in [-0.15, -0.1) is 0 Å². The van der Waals surface area contributed by atoms with Crippen LogP contribution in [0.4, 0.5) is 5.69 Å². The van der Waals surface area contributed by atoms with Crippen molar-refractivity contribution in [2.24, 2.45) is 5.10 Å². The molecule has 0 aliphatic heterocycles. The van der Waals surface area contributed by atoms with Gasteiger partial charge in [0.2, 0.25) is 0 Å². The maximum atomic E-state index is 11.9. The number of carbonyl (C=O) groups excluding carboxylic acids is 1. The first kappa shape index (κ1) is 18.1. The van der Waals surface area contributed by atoms with E-state index in [0.717, 1.165) is 0 Å². The van der Waals surface area contributed by atoms with Gasteiger partial charge in [-0.2, -0.15) is 5.10 Å². The number of amides is 1. The number of nitrogens with zero attached hydrogens (tertiary/aromatic N) is 1. The highest BCUT2D eigenvalue weighted by atomic mass is 16.3. The van der Waals surface area contributed by atoms with Gasteiger partial charge in [0.15, 0.2) is 0 Å². The summed E-state index contributed by atoms with van der Waals surface area (Å²) in [7, 11) is 0. The zero-order valence-electron chi connectivity index (χ0n) is 14.1. The SMILES string of the molecule is CC/C(=N\NC(=O)CNc1ccc(O)cc1)c1ccc(O)c(C)c1O. The molecule has 1 amide bonds. The Balaban J connectivity index is 2.01. The third-order valence-electron chi connectivity index (χ3n) is 3.68. The van der Waals surface area contributed by atoms with E-state index in [2.05, 4.69) is 15.8 Å². The standard InChI is InChI=1S/C18H21N3O4/c1-3-15(14-8-9-16(23)11(2)18(14)25)20-21-17(24)10-19-12-4-6-13(22)7-5-12/h4-9,19,22-23,25H,3,10H2,1-2H3,(H,21,24)/b20-15+. The van der Waals surface area contributed by atoms with E-state index in [-0.39, 0.29) is 29.7 Å². The number of benzene rings is 2. The summed E-state index contributed by atoms with van der Waals surface area (Å²) in [6, 6.07) is 9.37. The van der Waals surface area contributed by atoms with Crippen LogP contribution in [0.1, 0.15) is 24.5 Å². The number of aromatic hydroxyl groups is 3. The Hall–Kier alpha value is -3.22. The smallest absolute Gasteiger partial charge is 0.259 e. The van der Waals surface area contributed by atoms with Gasteiger partial charge in [-0.3, -0.25) is 4.79 Å². The lowest BCUT2D eigenvalue weighted by Crippen LogP contribution is -2.27. The first-order valence-corrected chi connectivity index (χ1v) is 7.82. The van der Waals surface area contributed by atoms with E-state index in [1.165, 1.54) is 18.2 Å². The molecule has 0 spiro atoms. The molecule has 2 aromatic rings. The normalized spacial score (nSPS) is 11.2. The summed E-state index contributed by atoms with van der Waals surface area (Å²) < 4.78 is 0. The molecule has 0 fully saturated rings. The lowest BCUT2D eigenvalue weighted by Gasteiger charge is -2.11. The van der Waals surface area contributed by atoms with Crippen LogP contribution >= 0.6 is 0 Å². The number of nitrogens with one attached hydrogen (secondary N) is 2. The molecule has 0 aliphatic carbocycles. The van der Waals surface area contributed by atoms with Crippen molar-refractivity contribution in [1.82, 2.24) is 5.43 Å². The van der Waals surface area contributed by atoms with Crippen LogP contribution in [0.3, 0.4) is 0 Å². The van der Waals surface area contributed by atoms with Gasteiger partial charge in [0.05, 0.1) is 12.3 Å². The fraction of sp³-hybridized carbons (Fsp3) is 0.222. The van der Waals surface area contributed by atoms with Crippen molar-refractivity contribution in [2.45, 2.75) is 20.3 Å². The first-order chi connectivity index (χ1) is 11.9. The van der Waals surface area contributed by atoms with Gasteiger partial charge in [0.25, 0.3) is 5.91 Å². The fourth-order valence-corrected chi connectivity index (χ4v) is 2.18. The average molecular weight is 343 g/mol. The van der Waals surface area contributed by atoms with E-state index >= 15 is 0 Å². The zero-order valence-corrected chi connectivity index (χ0v) is 14.1. The van der Waals surface area contributed by atoms with Crippen LogP contribution in [0, 0.1) is 6.92 Å². The summed E-state index contributed by atoms with van der Waals surface area (Å²) in [5.41, 5.74) is 4.45. The van der Waals surface area contributed by atoms with Crippen LogP contribution in [0.5, 0.6) is 17.2 Å². The second-order valence-corrected chi connectivity index (χ2v) is 5.45. The molecule has 5 N–H and O–H groups in total. The van der Waals surface area contributed by atoms with Crippen LogP contribution < -0.4 is 10.7 Å². The Kier molecular flexibility index (Phi) is 5.84. The molecule has 0 atom stereocenters. The van der Waals surface area contributed by atoms with Crippen LogP contribution in [-0.4, -0.2) is 33.5 Å². The van der Waals surface area contributed by atoms with Gasteiger partial charge in [0.1, 0.15) is 17.2 Å². The number of anilines is 1. The van der Waals surface area contributed by atoms with Gasteiger partial charge in [0, 0.05) is 16.8 Å². The fourth-order valence-electron chi connectivity index (χ4n) is 2.18. The van der Waals surface area contributed by atoms with Crippen molar-refractivity contribution in [1.29, 1.82) is 0 Å². The molecule has 0 aliphatic rings. The molecular weight excluding hydrogens is 322 g/mol. The molecular formula is C18H21N3O4. The summed E-state index contributed by atoms with van der Waals surface area (Å²) in [6.07, 6.45) is 0.490. The van der Waals surface area contributed by atoms with Crippen molar-refractivity contribution in [3.63, 3.8) is 0 Å². The third-order valence-corrected chi connectivity index (χ3v) is 3.68. The van der Waals surface area contributed by atoms with E-state index in [0.29, 0.717) is 28.9 Å². The zero-order chi connectivity index (χ0) is 18.4. The highest BCUT2D eigenvalue weighted by molar-refractivity contribution is 6.03. The number of hydrazone groups is 1. The van der Waals surface area contributed by atoms with Crippen molar-refractivity contribution in [3.05, 3.63) is 47.5 Å². The molecule has 0 radical (unpaired) electrons. The second kappa shape index (κ2) is 8.05. The van der Waals surface area contributed by atoms with Crippen molar-refractivity contribution < 1.29 is 20.1 Å². The minimum Gasteiger partial charge on any atom is -0.508 e. The van der Waals surface area contributed by atoms with E-state index < -0.39 is 0 Å². The molecule has 2 aromatic carbocycles. The van der Waals surface area contributed by atoms with Gasteiger partial charge < -0.3 is 20.6 Å². The highest BCUT2D eigenvalue weighted by Crippen LogP contribution is 2.30. The maximum absolute atomic E-state index is 11.9. The molecule has 0 heterocycles. The molecule has 0 unspecified atom stereocenters. The van der Waals surface area contributed by atoms with Gasteiger partial charge in [-0.25, -0.2) is 5.43 Å². The molecule has 7 nitrogen and oxygen atoms in total. The summed E-state index contributed by atoms with van der Waals surface area (Å²) in [5.74, 6) is -0.263. The monoisotopic (exact) mass is 343 g/mol. The van der Waals surface area contributed by atoms with Crippen LogP contribution in [-0.2, 0) is 4.79 Å². The molecule has 7 heteroatoms. The van der Waals surface area contributed by atoms with Gasteiger partial charge >= 0.3 is 0 Å². The summed E-state index contributed by atoms with van der Waals surface area (Å²) in [6.45, 7) is 3.45. The summed E-state index contributed by atoms with van der Waals surface area (Å²) >= 11 is 0. The van der Waals surface area contributed by atoms with Gasteiger partial charge in [-0.05, 0) is 49.7 Å². The number of rotatable bonds is 6. The first-order valence-electron chi connectivity index (χ1n) is 7.82. The van der Waals surface area contributed by atoms with Gasteiger partial charge in [-0.1, -0.05) is 6.92 Å². The Morgan fingerprint density at radius 3 is 2.40 bits per heavy atom. The lowest BCUT2D eigenvalue weighted by molar-refractivity contribution is -0.119. The molecule has 0 saturated heterocycles. The Bertz CT molecular complexity index is 786.